The summed E-state index contributed by atoms with van der Waals surface area (Å²) in [6.45, 7) is 4.16. The molecule has 0 saturated carbocycles. The molecule has 0 fully saturated rings. The quantitative estimate of drug-likeness (QED) is 0.438. The standard InChI is InChI=1S/C31H36ClN3O3/c1-38-24-31(37)35-20-8-18-33(22-26-13-15-28(32)16-14-26)17-7-19-34(23-27-11-5-6-12-29(27)35)30(36)21-25-9-3-2-4-10-25/h2-6,9-16H,7-8,17-24H2,1H3. The van der Waals surface area contributed by atoms with Crippen LogP contribution in [0.5, 0.6) is 0 Å². The number of rotatable bonds is 6. The van der Waals surface area contributed by atoms with Gasteiger partial charge in [0, 0.05) is 57.1 Å². The Balaban J connectivity index is 1.60. The Labute approximate surface area is 230 Å². The summed E-state index contributed by atoms with van der Waals surface area (Å²) >= 11 is 6.09. The molecule has 200 valence electrons. The van der Waals surface area contributed by atoms with Gasteiger partial charge in [0.25, 0.3) is 5.91 Å². The number of methoxy groups -OCH3 is 1. The minimum absolute atomic E-state index is 0.0134. The highest BCUT2D eigenvalue weighted by Crippen LogP contribution is 2.24. The van der Waals surface area contributed by atoms with E-state index in [1.165, 1.54) is 12.7 Å². The van der Waals surface area contributed by atoms with Crippen LogP contribution in [0.2, 0.25) is 5.02 Å². The molecule has 1 aliphatic rings. The number of benzene rings is 3. The minimum Gasteiger partial charge on any atom is -0.375 e. The van der Waals surface area contributed by atoms with Crippen LogP contribution < -0.4 is 4.90 Å². The Hall–Kier alpha value is -3.19. The van der Waals surface area contributed by atoms with Crippen LogP contribution in [0.25, 0.3) is 0 Å². The van der Waals surface area contributed by atoms with Gasteiger partial charge in [-0.3, -0.25) is 14.5 Å². The van der Waals surface area contributed by atoms with Gasteiger partial charge in [-0.2, -0.15) is 0 Å². The highest BCUT2D eigenvalue weighted by molar-refractivity contribution is 6.30. The molecule has 7 heteroatoms. The van der Waals surface area contributed by atoms with E-state index in [0.717, 1.165) is 54.3 Å². The number of nitrogens with zero attached hydrogens (tertiary/aromatic N) is 3. The Morgan fingerprint density at radius 1 is 0.789 bits per heavy atom. The van der Waals surface area contributed by atoms with Gasteiger partial charge in [-0.1, -0.05) is 72.3 Å². The van der Waals surface area contributed by atoms with Crippen molar-refractivity contribution in [3.63, 3.8) is 0 Å². The van der Waals surface area contributed by atoms with Gasteiger partial charge >= 0.3 is 0 Å². The van der Waals surface area contributed by atoms with E-state index in [1.807, 2.05) is 76.5 Å². The summed E-state index contributed by atoms with van der Waals surface area (Å²) in [5.41, 5.74) is 4.00. The zero-order chi connectivity index (χ0) is 26.7. The largest absolute Gasteiger partial charge is 0.375 e. The second kappa shape index (κ2) is 14.1. The fraction of sp³-hybridized carbons (Fsp3) is 0.355. The maximum Gasteiger partial charge on any atom is 0.252 e. The first-order valence-corrected chi connectivity index (χ1v) is 13.6. The molecule has 0 N–H and O–H groups in total. The van der Waals surface area contributed by atoms with E-state index in [1.54, 1.807) is 0 Å². The number of anilines is 1. The lowest BCUT2D eigenvalue weighted by atomic mass is 10.1. The highest BCUT2D eigenvalue weighted by Gasteiger charge is 2.23. The lowest BCUT2D eigenvalue weighted by molar-refractivity contribution is -0.131. The van der Waals surface area contributed by atoms with Gasteiger partial charge in [-0.25, -0.2) is 0 Å². The van der Waals surface area contributed by atoms with E-state index in [-0.39, 0.29) is 18.4 Å². The van der Waals surface area contributed by atoms with E-state index in [9.17, 15) is 9.59 Å². The molecular weight excluding hydrogens is 498 g/mol. The topological polar surface area (TPSA) is 53.1 Å². The smallest absolute Gasteiger partial charge is 0.252 e. The van der Waals surface area contributed by atoms with Gasteiger partial charge in [0.1, 0.15) is 6.61 Å². The van der Waals surface area contributed by atoms with Crippen molar-refractivity contribution in [3.8, 4) is 0 Å². The maximum atomic E-state index is 13.5. The Kier molecular flexibility index (Phi) is 10.3. The molecule has 4 rings (SSSR count). The molecule has 0 atom stereocenters. The van der Waals surface area contributed by atoms with Crippen molar-refractivity contribution in [2.75, 3.05) is 44.8 Å². The third-order valence-electron chi connectivity index (χ3n) is 6.84. The molecule has 0 aromatic heterocycles. The summed E-state index contributed by atoms with van der Waals surface area (Å²) in [6.07, 6.45) is 2.04. The lowest BCUT2D eigenvalue weighted by Gasteiger charge is -2.31. The molecule has 1 heterocycles. The molecule has 0 aliphatic carbocycles. The summed E-state index contributed by atoms with van der Waals surface area (Å²) in [7, 11) is 1.54. The van der Waals surface area contributed by atoms with Crippen molar-refractivity contribution < 1.29 is 14.3 Å². The summed E-state index contributed by atoms with van der Waals surface area (Å²) in [6, 6.07) is 25.7. The van der Waals surface area contributed by atoms with Gasteiger partial charge < -0.3 is 14.5 Å². The fourth-order valence-electron chi connectivity index (χ4n) is 4.92. The molecule has 0 unspecified atom stereocenters. The molecule has 3 aromatic carbocycles. The van der Waals surface area contributed by atoms with Gasteiger partial charge in [0.2, 0.25) is 5.91 Å². The zero-order valence-corrected chi connectivity index (χ0v) is 22.8. The molecule has 0 radical (unpaired) electrons. The zero-order valence-electron chi connectivity index (χ0n) is 22.0. The monoisotopic (exact) mass is 533 g/mol. The molecule has 0 bridgehead atoms. The van der Waals surface area contributed by atoms with E-state index in [4.69, 9.17) is 16.3 Å². The number of para-hydroxylation sites is 1. The van der Waals surface area contributed by atoms with E-state index in [2.05, 4.69) is 17.0 Å². The first-order valence-electron chi connectivity index (χ1n) is 13.2. The Morgan fingerprint density at radius 3 is 2.21 bits per heavy atom. The molecule has 0 spiro atoms. The number of hydrogen-bond acceptors (Lipinski definition) is 4. The van der Waals surface area contributed by atoms with Crippen molar-refractivity contribution in [1.82, 2.24) is 9.80 Å². The number of halogens is 1. The van der Waals surface area contributed by atoms with Crippen molar-refractivity contribution in [1.29, 1.82) is 0 Å². The van der Waals surface area contributed by atoms with Crippen LogP contribution >= 0.6 is 11.6 Å². The number of carbonyl (C=O) groups excluding carboxylic acids is 2. The molecular formula is C31H36ClN3O3. The number of carbonyl (C=O) groups is 2. The Morgan fingerprint density at radius 2 is 1.47 bits per heavy atom. The summed E-state index contributed by atoms with van der Waals surface area (Å²) in [5, 5.41) is 0.723. The van der Waals surface area contributed by atoms with Crippen LogP contribution in [0.4, 0.5) is 5.69 Å². The average molecular weight is 534 g/mol. The molecule has 6 nitrogen and oxygen atoms in total. The normalized spacial score (nSPS) is 15.3. The molecule has 1 aliphatic heterocycles. The summed E-state index contributed by atoms with van der Waals surface area (Å²) in [5.74, 6) is 0.00510. The third kappa shape index (κ3) is 7.90. The molecule has 0 saturated heterocycles. The van der Waals surface area contributed by atoms with Gasteiger partial charge in [-0.05, 0) is 47.7 Å². The molecule has 3 aromatic rings. The maximum absolute atomic E-state index is 13.5. The second-order valence-corrected chi connectivity index (χ2v) is 10.1. The lowest BCUT2D eigenvalue weighted by Crippen LogP contribution is -2.40. The van der Waals surface area contributed by atoms with Gasteiger partial charge in [-0.15, -0.1) is 0 Å². The second-order valence-electron chi connectivity index (χ2n) is 9.69. The van der Waals surface area contributed by atoms with Crippen molar-refractivity contribution in [3.05, 3.63) is 101 Å². The van der Waals surface area contributed by atoms with Crippen molar-refractivity contribution in [2.24, 2.45) is 0 Å². The predicted molar refractivity (Wildman–Crippen MR) is 152 cm³/mol. The molecule has 2 amide bonds. The van der Waals surface area contributed by atoms with E-state index < -0.39 is 0 Å². The van der Waals surface area contributed by atoms with Crippen LogP contribution in [-0.2, 0) is 33.8 Å². The molecule has 38 heavy (non-hydrogen) atoms. The first kappa shape index (κ1) is 27.8. The van der Waals surface area contributed by atoms with Crippen LogP contribution in [0.3, 0.4) is 0 Å². The van der Waals surface area contributed by atoms with Crippen LogP contribution in [0, 0.1) is 0 Å². The van der Waals surface area contributed by atoms with Gasteiger partial charge in [0.05, 0.1) is 6.42 Å². The van der Waals surface area contributed by atoms with Crippen LogP contribution in [-0.4, -0.2) is 61.5 Å². The summed E-state index contributed by atoms with van der Waals surface area (Å²) < 4.78 is 5.20. The third-order valence-corrected chi connectivity index (χ3v) is 7.09. The van der Waals surface area contributed by atoms with Crippen molar-refractivity contribution in [2.45, 2.75) is 32.4 Å². The fourth-order valence-corrected chi connectivity index (χ4v) is 5.05. The van der Waals surface area contributed by atoms with Crippen molar-refractivity contribution >= 4 is 29.1 Å². The van der Waals surface area contributed by atoms with Gasteiger partial charge in [0.15, 0.2) is 0 Å². The van der Waals surface area contributed by atoms with Crippen LogP contribution in [0.1, 0.15) is 29.5 Å². The number of hydrogen-bond donors (Lipinski definition) is 0. The number of fused-ring (bicyclic) bond motifs is 1. The average Bonchev–Trinajstić information content (AvgIpc) is 2.92. The SMILES string of the molecule is COCC(=O)N1CCCN(Cc2ccc(Cl)cc2)CCCN(C(=O)Cc2ccccc2)Cc2ccccc21. The first-order chi connectivity index (χ1) is 18.5. The summed E-state index contributed by atoms with van der Waals surface area (Å²) in [4.78, 5) is 32.8. The van der Waals surface area contributed by atoms with E-state index >= 15 is 0 Å². The number of ether oxygens (including phenoxy) is 1. The number of amides is 2. The predicted octanol–water partition coefficient (Wildman–Crippen LogP) is 5.19. The minimum atomic E-state index is -0.0802. The Bertz CT molecular complexity index is 1190. The highest BCUT2D eigenvalue weighted by atomic mass is 35.5. The van der Waals surface area contributed by atoms with E-state index in [0.29, 0.717) is 26.1 Å². The van der Waals surface area contributed by atoms with Crippen LogP contribution in [0.15, 0.2) is 78.9 Å².